The van der Waals surface area contributed by atoms with Crippen LogP contribution >= 0.6 is 0 Å². The van der Waals surface area contributed by atoms with Gasteiger partial charge in [-0.15, -0.1) is 0 Å². The van der Waals surface area contributed by atoms with Gasteiger partial charge in [-0.2, -0.15) is 0 Å². The maximum Gasteiger partial charge on any atom is 0.237 e. The molecule has 4 nitrogen and oxygen atoms in total. The fraction of sp³-hybridized carbons (Fsp3) is 0.250. The minimum absolute atomic E-state index is 0.169. The molecule has 0 bridgehead atoms. The molecule has 0 aliphatic heterocycles. The van der Waals surface area contributed by atoms with Gasteiger partial charge in [0.05, 0.1) is 17.8 Å². The van der Waals surface area contributed by atoms with E-state index in [1.807, 2.05) is 48.5 Å². The van der Waals surface area contributed by atoms with Crippen molar-refractivity contribution in [2.45, 2.75) is 25.4 Å². The van der Waals surface area contributed by atoms with Gasteiger partial charge in [0.15, 0.2) is 0 Å². The van der Waals surface area contributed by atoms with Crippen LogP contribution in [0, 0.1) is 0 Å². The zero-order valence-electron chi connectivity index (χ0n) is 11.5. The van der Waals surface area contributed by atoms with Crippen molar-refractivity contribution in [3.8, 4) is 0 Å². The average Bonchev–Trinajstić information content (AvgIpc) is 2.48. The fourth-order valence-corrected chi connectivity index (χ4v) is 1.96. The number of pyridine rings is 1. The van der Waals surface area contributed by atoms with Crippen LogP contribution in [0.5, 0.6) is 0 Å². The largest absolute Gasteiger partial charge is 0.346 e. The van der Waals surface area contributed by atoms with Gasteiger partial charge in [-0.3, -0.25) is 9.78 Å². The van der Waals surface area contributed by atoms with Gasteiger partial charge in [-0.25, -0.2) is 0 Å². The molecule has 2 rings (SSSR count). The van der Waals surface area contributed by atoms with Crippen LogP contribution in [0.1, 0.15) is 24.2 Å². The lowest BCUT2D eigenvalue weighted by molar-refractivity contribution is -0.122. The summed E-state index contributed by atoms with van der Waals surface area (Å²) in [5.74, 6) is -0.170. The van der Waals surface area contributed by atoms with Gasteiger partial charge in [0.2, 0.25) is 5.91 Å². The third-order valence-electron chi connectivity index (χ3n) is 3.06. The Kier molecular flexibility index (Phi) is 4.85. The topological polar surface area (TPSA) is 68.0 Å². The summed E-state index contributed by atoms with van der Waals surface area (Å²) in [6.45, 7) is 1.67. The summed E-state index contributed by atoms with van der Waals surface area (Å²) in [4.78, 5) is 16.2. The molecule has 4 heteroatoms. The number of benzene rings is 1. The molecular formula is C16H19N3O. The Labute approximate surface area is 119 Å². The number of rotatable bonds is 5. The Bertz CT molecular complexity index is 540. The summed E-state index contributed by atoms with van der Waals surface area (Å²) in [5, 5.41) is 2.95. The molecule has 0 saturated heterocycles. The van der Waals surface area contributed by atoms with Crippen LogP contribution in [0.25, 0.3) is 0 Å². The van der Waals surface area contributed by atoms with E-state index in [9.17, 15) is 4.79 Å². The van der Waals surface area contributed by atoms with E-state index in [1.54, 1.807) is 13.1 Å². The molecule has 20 heavy (non-hydrogen) atoms. The SMILES string of the molecule is CC(N)C(=O)NC(Cc1ccccc1)c1ccccn1. The molecule has 1 aromatic carbocycles. The molecule has 1 heterocycles. The molecule has 0 spiro atoms. The highest BCUT2D eigenvalue weighted by atomic mass is 16.2. The first-order valence-corrected chi connectivity index (χ1v) is 6.67. The highest BCUT2D eigenvalue weighted by Crippen LogP contribution is 2.16. The van der Waals surface area contributed by atoms with Crippen molar-refractivity contribution in [2.24, 2.45) is 5.73 Å². The molecule has 2 unspecified atom stereocenters. The van der Waals surface area contributed by atoms with Crippen molar-refractivity contribution < 1.29 is 4.79 Å². The highest BCUT2D eigenvalue weighted by molar-refractivity contribution is 5.81. The van der Waals surface area contributed by atoms with Gasteiger partial charge in [-0.1, -0.05) is 36.4 Å². The molecule has 2 aromatic rings. The molecule has 1 amide bonds. The van der Waals surface area contributed by atoms with E-state index in [4.69, 9.17) is 5.73 Å². The minimum atomic E-state index is -0.531. The Morgan fingerprint density at radius 1 is 1.20 bits per heavy atom. The van der Waals surface area contributed by atoms with E-state index < -0.39 is 6.04 Å². The van der Waals surface area contributed by atoms with E-state index in [1.165, 1.54) is 0 Å². The summed E-state index contributed by atoms with van der Waals surface area (Å²) >= 11 is 0. The monoisotopic (exact) mass is 269 g/mol. The molecule has 0 fully saturated rings. The summed E-state index contributed by atoms with van der Waals surface area (Å²) in [5.41, 5.74) is 7.61. The quantitative estimate of drug-likeness (QED) is 0.870. The average molecular weight is 269 g/mol. The normalized spacial score (nSPS) is 13.5. The highest BCUT2D eigenvalue weighted by Gasteiger charge is 2.18. The predicted octanol–water partition coefficient (Wildman–Crippen LogP) is 1.83. The van der Waals surface area contributed by atoms with Crippen LogP contribution in [-0.4, -0.2) is 16.9 Å². The van der Waals surface area contributed by atoms with Crippen LogP contribution in [0.4, 0.5) is 0 Å². The fourth-order valence-electron chi connectivity index (χ4n) is 1.96. The minimum Gasteiger partial charge on any atom is -0.346 e. The number of amides is 1. The Hall–Kier alpha value is -2.20. The number of hydrogen-bond donors (Lipinski definition) is 2. The van der Waals surface area contributed by atoms with Gasteiger partial charge in [0.1, 0.15) is 0 Å². The number of carbonyl (C=O) groups is 1. The number of nitrogens with one attached hydrogen (secondary N) is 1. The maximum absolute atomic E-state index is 11.9. The van der Waals surface area contributed by atoms with Crippen molar-refractivity contribution >= 4 is 5.91 Å². The molecular weight excluding hydrogens is 250 g/mol. The van der Waals surface area contributed by atoms with Crippen LogP contribution in [-0.2, 0) is 11.2 Å². The lowest BCUT2D eigenvalue weighted by Crippen LogP contribution is -2.41. The first-order chi connectivity index (χ1) is 9.66. The first-order valence-electron chi connectivity index (χ1n) is 6.67. The molecule has 0 radical (unpaired) electrons. The lowest BCUT2D eigenvalue weighted by Gasteiger charge is -2.19. The van der Waals surface area contributed by atoms with Crippen LogP contribution in [0.3, 0.4) is 0 Å². The molecule has 104 valence electrons. The summed E-state index contributed by atoms with van der Waals surface area (Å²) in [6.07, 6.45) is 2.42. The van der Waals surface area contributed by atoms with Crippen LogP contribution < -0.4 is 11.1 Å². The molecule has 1 aromatic heterocycles. The third kappa shape index (κ3) is 3.90. The van der Waals surface area contributed by atoms with E-state index >= 15 is 0 Å². The van der Waals surface area contributed by atoms with Crippen molar-refractivity contribution in [1.29, 1.82) is 0 Å². The van der Waals surface area contributed by atoms with Crippen molar-refractivity contribution in [3.63, 3.8) is 0 Å². The van der Waals surface area contributed by atoms with Crippen LogP contribution in [0.15, 0.2) is 54.7 Å². The molecule has 0 aliphatic carbocycles. The lowest BCUT2D eigenvalue weighted by atomic mass is 10.0. The van der Waals surface area contributed by atoms with Gasteiger partial charge >= 0.3 is 0 Å². The van der Waals surface area contributed by atoms with Gasteiger partial charge in [0.25, 0.3) is 0 Å². The second-order valence-corrected chi connectivity index (χ2v) is 4.79. The van der Waals surface area contributed by atoms with Crippen molar-refractivity contribution in [1.82, 2.24) is 10.3 Å². The maximum atomic E-state index is 11.9. The second-order valence-electron chi connectivity index (χ2n) is 4.79. The van der Waals surface area contributed by atoms with Crippen molar-refractivity contribution in [3.05, 3.63) is 66.0 Å². The van der Waals surface area contributed by atoms with Gasteiger partial charge in [-0.05, 0) is 31.0 Å². The first kappa shape index (κ1) is 14.2. The van der Waals surface area contributed by atoms with E-state index in [0.717, 1.165) is 11.3 Å². The van der Waals surface area contributed by atoms with Crippen LogP contribution in [0.2, 0.25) is 0 Å². The smallest absolute Gasteiger partial charge is 0.237 e. The van der Waals surface area contributed by atoms with Gasteiger partial charge < -0.3 is 11.1 Å². The molecule has 0 aliphatic rings. The zero-order valence-corrected chi connectivity index (χ0v) is 11.5. The molecule has 2 atom stereocenters. The Morgan fingerprint density at radius 2 is 1.90 bits per heavy atom. The second kappa shape index (κ2) is 6.82. The standard InChI is InChI=1S/C16H19N3O/c1-12(17)16(20)19-15(14-9-5-6-10-18-14)11-13-7-3-2-4-8-13/h2-10,12,15H,11,17H2,1H3,(H,19,20). The number of nitrogens with two attached hydrogens (primary N) is 1. The molecule has 3 N–H and O–H groups in total. The van der Waals surface area contributed by atoms with E-state index in [0.29, 0.717) is 6.42 Å². The van der Waals surface area contributed by atoms with Gasteiger partial charge in [0, 0.05) is 6.20 Å². The summed E-state index contributed by atoms with van der Waals surface area (Å²) in [7, 11) is 0. The number of aromatic nitrogens is 1. The summed E-state index contributed by atoms with van der Waals surface area (Å²) < 4.78 is 0. The van der Waals surface area contributed by atoms with E-state index in [-0.39, 0.29) is 11.9 Å². The molecule has 0 saturated carbocycles. The van der Waals surface area contributed by atoms with Crippen molar-refractivity contribution in [2.75, 3.05) is 0 Å². The summed E-state index contributed by atoms with van der Waals surface area (Å²) in [6, 6.07) is 15.0. The zero-order chi connectivity index (χ0) is 14.4. The number of hydrogen-bond acceptors (Lipinski definition) is 3. The number of nitrogens with zero attached hydrogens (tertiary/aromatic N) is 1. The van der Waals surface area contributed by atoms with E-state index in [2.05, 4.69) is 10.3 Å². The Balaban J connectivity index is 2.18. The number of carbonyl (C=O) groups excluding carboxylic acids is 1. The third-order valence-corrected chi connectivity index (χ3v) is 3.06. The Morgan fingerprint density at radius 3 is 2.50 bits per heavy atom. The predicted molar refractivity (Wildman–Crippen MR) is 78.9 cm³/mol.